The molecule has 5 fully saturated rings. The minimum absolute atomic E-state index is 0.0677. The van der Waals surface area contributed by atoms with Gasteiger partial charge in [0.05, 0.1) is 23.7 Å². The lowest BCUT2D eigenvalue weighted by atomic mass is 9.74. The van der Waals surface area contributed by atoms with Crippen molar-refractivity contribution in [2.45, 2.75) is 116 Å². The van der Waals surface area contributed by atoms with E-state index in [2.05, 4.69) is 23.8 Å². The molecule has 10 atom stereocenters. The molecular formula is C38H66N4O8. The first-order chi connectivity index (χ1) is 23.4. The summed E-state index contributed by atoms with van der Waals surface area (Å²) in [4.78, 5) is 50.2. The Morgan fingerprint density at radius 2 is 1.72 bits per heavy atom. The number of methoxy groups -OCH3 is 1. The van der Waals surface area contributed by atoms with Crippen molar-refractivity contribution in [3.05, 3.63) is 0 Å². The number of hydrogen-bond donors (Lipinski definition) is 1. The Bertz CT molecular complexity index is 1210. The molecule has 0 unspecified atom stereocenters. The van der Waals surface area contributed by atoms with Gasteiger partial charge in [0, 0.05) is 63.8 Å². The van der Waals surface area contributed by atoms with Crippen LogP contribution in [0.15, 0.2) is 0 Å². The van der Waals surface area contributed by atoms with E-state index >= 15 is 0 Å². The van der Waals surface area contributed by atoms with Crippen molar-refractivity contribution < 1.29 is 38.4 Å². The van der Waals surface area contributed by atoms with Gasteiger partial charge in [-0.25, -0.2) is 0 Å². The minimum atomic E-state index is -1.46. The molecule has 0 aromatic carbocycles. The number of esters is 1. The van der Waals surface area contributed by atoms with Gasteiger partial charge in [0.15, 0.2) is 12.1 Å². The van der Waals surface area contributed by atoms with Gasteiger partial charge in [-0.05, 0) is 99.3 Å². The second kappa shape index (κ2) is 15.7. The van der Waals surface area contributed by atoms with Crippen LogP contribution in [0.5, 0.6) is 0 Å². The first kappa shape index (κ1) is 39.5. The molecule has 1 N–H and O–H groups in total. The number of ketones is 1. The van der Waals surface area contributed by atoms with E-state index in [4.69, 9.17) is 18.9 Å². The fourth-order valence-electron chi connectivity index (χ4n) is 9.12. The van der Waals surface area contributed by atoms with Crippen LogP contribution >= 0.6 is 0 Å². The number of Topliss-reactive ketones (excluding diaryl/α,β-unsaturated/α-hetero) is 1. The van der Waals surface area contributed by atoms with Crippen LogP contribution in [0, 0.1) is 35.0 Å². The first-order valence-electron chi connectivity index (χ1n) is 19.1. The fourth-order valence-corrected chi connectivity index (χ4v) is 9.12. The highest BCUT2D eigenvalue weighted by Gasteiger charge is 2.52. The van der Waals surface area contributed by atoms with E-state index in [1.807, 2.05) is 37.7 Å². The predicted octanol–water partition coefficient (Wildman–Crippen LogP) is 2.51. The Labute approximate surface area is 300 Å². The van der Waals surface area contributed by atoms with Gasteiger partial charge >= 0.3 is 5.97 Å². The van der Waals surface area contributed by atoms with Crippen molar-refractivity contribution >= 4 is 17.7 Å². The lowest BCUT2D eigenvalue weighted by molar-refractivity contribution is -0.295. The van der Waals surface area contributed by atoms with Crippen LogP contribution < -0.4 is 0 Å². The minimum Gasteiger partial charge on any atom is -0.463 e. The topological polar surface area (TPSA) is 121 Å². The second-order valence-electron chi connectivity index (χ2n) is 17.5. The van der Waals surface area contributed by atoms with Gasteiger partial charge in [-0.1, -0.05) is 13.8 Å². The third-order valence-corrected chi connectivity index (χ3v) is 12.5. The van der Waals surface area contributed by atoms with Crippen LogP contribution in [0.25, 0.3) is 0 Å². The van der Waals surface area contributed by atoms with Crippen molar-refractivity contribution in [3.63, 3.8) is 0 Å². The van der Waals surface area contributed by atoms with E-state index < -0.39 is 41.4 Å². The summed E-state index contributed by atoms with van der Waals surface area (Å²) in [5, 5.41) is 11.4. The van der Waals surface area contributed by atoms with Crippen LogP contribution in [0.3, 0.4) is 0 Å². The fraction of sp³-hybridized carbons (Fsp3) is 0.921. The summed E-state index contributed by atoms with van der Waals surface area (Å²) in [7, 11) is 7.52. The molecule has 0 aromatic rings. The Kier molecular flexibility index (Phi) is 12.4. The second-order valence-corrected chi connectivity index (χ2v) is 17.5. The van der Waals surface area contributed by atoms with Crippen LogP contribution in [-0.4, -0.2) is 159 Å². The molecule has 1 aliphatic carbocycles. The van der Waals surface area contributed by atoms with Crippen molar-refractivity contribution in [2.75, 3.05) is 74.1 Å². The standard InChI is InChI=1S/C38H66N4O8/c1-23-16-38(6,47-10)33(50-35-31(43)29(39(7)8)15-24(2)49-35)25(3)32(44)37(4,5)36(46)48-22-30(40(9)17-23)28-20-42(21-28)34(45)27-13-14-41(19-27)18-26-11-12-26/h23-31,33,35,43H,11-22H2,1-10H3/t23-,24-,25+,27-,29+,30+,31-,33-,35+,38-/m1/s1. The number of aliphatic hydroxyl groups excluding tert-OH is 1. The molecule has 4 saturated heterocycles. The van der Waals surface area contributed by atoms with Gasteiger partial charge in [0.2, 0.25) is 5.91 Å². The van der Waals surface area contributed by atoms with Gasteiger partial charge in [-0.15, -0.1) is 0 Å². The van der Waals surface area contributed by atoms with Gasteiger partial charge < -0.3 is 38.8 Å². The SMILES string of the molecule is CO[C@]1(C)C[C@@H](C)CN(C)[C@H](C2CN(C(=O)[C@@H]3CCN(CC4CC4)C3)C2)COC(=O)C(C)(C)C(=O)[C@H](C)[C@H]1O[C@@H]1O[C@H](C)C[C@H](N(C)C)[C@H]1O. The maximum absolute atomic E-state index is 14.3. The molecule has 0 radical (unpaired) electrons. The van der Waals surface area contributed by atoms with Crippen LogP contribution in [0.1, 0.15) is 73.6 Å². The molecule has 0 spiro atoms. The van der Waals surface area contributed by atoms with Gasteiger partial charge in [0.25, 0.3) is 0 Å². The first-order valence-corrected chi connectivity index (χ1v) is 19.1. The molecule has 1 saturated carbocycles. The van der Waals surface area contributed by atoms with E-state index in [1.165, 1.54) is 12.8 Å². The molecule has 5 aliphatic rings. The summed E-state index contributed by atoms with van der Waals surface area (Å²) < 4.78 is 25.1. The van der Waals surface area contributed by atoms with Gasteiger partial charge in [-0.2, -0.15) is 0 Å². The summed E-state index contributed by atoms with van der Waals surface area (Å²) in [6.45, 7) is 16.2. The van der Waals surface area contributed by atoms with Crippen LogP contribution in [0.4, 0.5) is 0 Å². The summed E-state index contributed by atoms with van der Waals surface area (Å²) >= 11 is 0. The number of carbonyl (C=O) groups excluding carboxylic acids is 3. The summed E-state index contributed by atoms with van der Waals surface area (Å²) in [6, 6.07) is -0.298. The molecule has 12 heteroatoms. The Morgan fingerprint density at radius 1 is 1.04 bits per heavy atom. The summed E-state index contributed by atoms with van der Waals surface area (Å²) in [5.41, 5.74) is -2.41. The van der Waals surface area contributed by atoms with E-state index in [9.17, 15) is 19.5 Å². The van der Waals surface area contributed by atoms with E-state index in [0.29, 0.717) is 32.5 Å². The number of likely N-dealkylation sites (tertiary alicyclic amines) is 2. The molecule has 0 bridgehead atoms. The van der Waals surface area contributed by atoms with Gasteiger partial charge in [0.1, 0.15) is 18.1 Å². The molecular weight excluding hydrogens is 640 g/mol. The van der Waals surface area contributed by atoms with Crippen LogP contribution in [-0.2, 0) is 33.3 Å². The number of rotatable bonds is 8. The average Bonchev–Trinajstić information content (AvgIpc) is 3.73. The normalized spacial score (nSPS) is 40.2. The number of hydrogen-bond acceptors (Lipinski definition) is 11. The molecule has 4 heterocycles. The molecule has 4 aliphatic heterocycles. The Morgan fingerprint density at radius 3 is 2.34 bits per heavy atom. The summed E-state index contributed by atoms with van der Waals surface area (Å²) in [5.74, 6) is -0.287. The van der Waals surface area contributed by atoms with Crippen molar-refractivity contribution in [1.29, 1.82) is 0 Å². The van der Waals surface area contributed by atoms with Crippen molar-refractivity contribution in [2.24, 2.45) is 35.0 Å². The number of cyclic esters (lactones) is 1. The zero-order valence-electron chi connectivity index (χ0n) is 32.4. The highest BCUT2D eigenvalue weighted by Crippen LogP contribution is 2.39. The van der Waals surface area contributed by atoms with Crippen molar-refractivity contribution in [3.8, 4) is 0 Å². The van der Waals surface area contributed by atoms with Gasteiger partial charge in [-0.3, -0.25) is 19.3 Å². The largest absolute Gasteiger partial charge is 0.463 e. The maximum atomic E-state index is 14.3. The average molecular weight is 707 g/mol. The quantitative estimate of drug-likeness (QED) is 0.296. The zero-order chi connectivity index (χ0) is 36.7. The van der Waals surface area contributed by atoms with E-state index in [0.717, 1.165) is 32.0 Å². The number of amides is 1. The third kappa shape index (κ3) is 8.58. The lowest BCUT2D eigenvalue weighted by Crippen LogP contribution is -2.60. The summed E-state index contributed by atoms with van der Waals surface area (Å²) in [6.07, 6.45) is 1.85. The maximum Gasteiger partial charge on any atom is 0.319 e. The Balaban J connectivity index is 1.32. The number of aliphatic hydroxyl groups is 1. The molecule has 286 valence electrons. The predicted molar refractivity (Wildman–Crippen MR) is 189 cm³/mol. The van der Waals surface area contributed by atoms with Crippen molar-refractivity contribution in [1.82, 2.24) is 19.6 Å². The zero-order valence-corrected chi connectivity index (χ0v) is 32.4. The molecule has 12 nitrogen and oxygen atoms in total. The Hall–Kier alpha value is -1.67. The number of likely N-dealkylation sites (N-methyl/N-ethyl adjacent to an activating group) is 2. The highest BCUT2D eigenvalue weighted by molar-refractivity contribution is 6.04. The molecule has 0 aromatic heterocycles. The molecule has 50 heavy (non-hydrogen) atoms. The number of carbonyl (C=O) groups is 3. The molecule has 5 rings (SSSR count). The highest BCUT2D eigenvalue weighted by atomic mass is 16.7. The smallest absolute Gasteiger partial charge is 0.319 e. The number of nitrogens with zero attached hydrogens (tertiary/aromatic N) is 4. The third-order valence-electron chi connectivity index (χ3n) is 12.5. The number of ether oxygens (including phenoxy) is 4. The van der Waals surface area contributed by atoms with E-state index in [-0.39, 0.29) is 54.2 Å². The monoisotopic (exact) mass is 706 g/mol. The lowest BCUT2D eigenvalue weighted by Gasteiger charge is -2.48. The van der Waals surface area contributed by atoms with E-state index in [1.54, 1.807) is 27.9 Å². The molecule has 1 amide bonds. The van der Waals surface area contributed by atoms with Crippen LogP contribution in [0.2, 0.25) is 0 Å².